The normalized spacial score (nSPS) is 11.0. The fourth-order valence-corrected chi connectivity index (χ4v) is 3.62. The Morgan fingerprint density at radius 1 is 0.857 bits per heavy atom. The maximum absolute atomic E-state index is 12.6. The number of benzene rings is 2. The molecule has 0 saturated heterocycles. The van der Waals surface area contributed by atoms with Gasteiger partial charge in [0.15, 0.2) is 12.4 Å². The molecule has 8 heteroatoms. The molecule has 0 fully saturated rings. The predicted molar refractivity (Wildman–Crippen MR) is 101 cm³/mol. The molecule has 3 aromatic rings. The average Bonchev–Trinajstić information content (AvgIpc) is 2.74. The van der Waals surface area contributed by atoms with Crippen LogP contribution in [-0.2, 0) is 16.6 Å². The van der Waals surface area contributed by atoms with Crippen LogP contribution in [0, 0.1) is 0 Å². The number of amides is 1. The third-order valence-electron chi connectivity index (χ3n) is 4.03. The van der Waals surface area contributed by atoms with E-state index in [4.69, 9.17) is 5.84 Å². The number of nitrogens with two attached hydrogens (primary N) is 1. The third kappa shape index (κ3) is 4.13. The molecule has 0 aliphatic heterocycles. The van der Waals surface area contributed by atoms with Gasteiger partial charge in [-0.05, 0) is 18.2 Å². The Morgan fingerprint density at radius 2 is 1.43 bits per heavy atom. The summed E-state index contributed by atoms with van der Waals surface area (Å²) in [6, 6.07) is 19.2. The van der Waals surface area contributed by atoms with Crippen molar-refractivity contribution in [1.82, 2.24) is 4.41 Å². The van der Waals surface area contributed by atoms with E-state index in [9.17, 15) is 18.0 Å². The average molecular weight is 396 g/mol. The number of hydrogen-bond acceptors (Lipinski definition) is 5. The highest BCUT2D eigenvalue weighted by atomic mass is 32.2. The summed E-state index contributed by atoms with van der Waals surface area (Å²) in [6.45, 7) is 0.00113. The van der Waals surface area contributed by atoms with Crippen LogP contribution in [0.2, 0.25) is 0 Å². The molecule has 0 unspecified atom stereocenters. The number of hydrazine groups is 1. The molecule has 2 aromatic carbocycles. The number of pyridine rings is 1. The number of ketones is 1. The first kappa shape index (κ1) is 19.4. The number of sulfonamides is 1. The summed E-state index contributed by atoms with van der Waals surface area (Å²) in [4.78, 5) is 24.8. The second-order valence-corrected chi connectivity index (χ2v) is 7.79. The standard InChI is InChI=1S/C20H18N3O4S/c21-23(28(26,27)18-11-5-2-6-12-18)20(25)17-10-7-13-22(14-17)15-19(24)16-8-3-1-4-9-16/h1-14H,15,21H2/q+1. The molecule has 0 bridgehead atoms. The van der Waals surface area contributed by atoms with Gasteiger partial charge in [0.05, 0.1) is 4.90 Å². The second kappa shape index (κ2) is 8.12. The Hall–Kier alpha value is -3.36. The zero-order chi connectivity index (χ0) is 20.1. The zero-order valence-corrected chi connectivity index (χ0v) is 15.6. The second-order valence-electron chi connectivity index (χ2n) is 5.97. The Morgan fingerprint density at radius 3 is 2.07 bits per heavy atom. The first-order valence-electron chi connectivity index (χ1n) is 8.36. The summed E-state index contributed by atoms with van der Waals surface area (Å²) < 4.78 is 26.7. The van der Waals surface area contributed by atoms with Crippen LogP contribution in [-0.4, -0.2) is 24.5 Å². The lowest BCUT2D eigenvalue weighted by atomic mass is 10.1. The summed E-state index contributed by atoms with van der Waals surface area (Å²) >= 11 is 0. The van der Waals surface area contributed by atoms with Crippen molar-refractivity contribution in [2.75, 3.05) is 0 Å². The molecular weight excluding hydrogens is 378 g/mol. The SMILES string of the molecule is NN(C(=O)c1ccc[n+](CC(=O)c2ccccc2)c1)S(=O)(=O)c1ccccc1. The van der Waals surface area contributed by atoms with E-state index in [0.29, 0.717) is 5.56 Å². The highest BCUT2D eigenvalue weighted by Crippen LogP contribution is 2.14. The van der Waals surface area contributed by atoms with Crippen molar-refractivity contribution in [3.63, 3.8) is 0 Å². The minimum absolute atomic E-state index is 0.00113. The minimum atomic E-state index is -4.18. The van der Waals surface area contributed by atoms with Gasteiger partial charge < -0.3 is 0 Å². The zero-order valence-electron chi connectivity index (χ0n) is 14.8. The number of hydrogen-bond donors (Lipinski definition) is 1. The monoisotopic (exact) mass is 396 g/mol. The van der Waals surface area contributed by atoms with Gasteiger partial charge in [-0.1, -0.05) is 48.5 Å². The van der Waals surface area contributed by atoms with Gasteiger partial charge in [0.1, 0.15) is 5.56 Å². The number of Topliss-reactive ketones (excluding diaryl/α,β-unsaturated/α-hetero) is 1. The van der Waals surface area contributed by atoms with Crippen LogP contribution in [0.1, 0.15) is 20.7 Å². The van der Waals surface area contributed by atoms with E-state index in [1.54, 1.807) is 42.6 Å². The van der Waals surface area contributed by atoms with Crippen molar-refractivity contribution in [1.29, 1.82) is 0 Å². The van der Waals surface area contributed by atoms with Crippen LogP contribution in [0.5, 0.6) is 0 Å². The molecule has 0 atom stereocenters. The molecule has 142 valence electrons. The van der Waals surface area contributed by atoms with E-state index in [1.807, 2.05) is 6.07 Å². The molecule has 0 saturated carbocycles. The third-order valence-corrected chi connectivity index (χ3v) is 5.58. The van der Waals surface area contributed by atoms with Crippen molar-refractivity contribution >= 4 is 21.7 Å². The van der Waals surface area contributed by atoms with E-state index < -0.39 is 15.9 Å². The van der Waals surface area contributed by atoms with Crippen molar-refractivity contribution in [3.05, 3.63) is 96.3 Å². The van der Waals surface area contributed by atoms with Crippen molar-refractivity contribution < 1.29 is 22.6 Å². The van der Waals surface area contributed by atoms with Crippen LogP contribution in [0.4, 0.5) is 0 Å². The molecule has 0 spiro atoms. The Kier molecular flexibility index (Phi) is 5.62. The fraction of sp³-hybridized carbons (Fsp3) is 0.0500. The number of carbonyl (C=O) groups excluding carboxylic acids is 2. The van der Waals surface area contributed by atoms with Gasteiger partial charge >= 0.3 is 0 Å². The van der Waals surface area contributed by atoms with E-state index in [1.165, 1.54) is 41.1 Å². The van der Waals surface area contributed by atoms with E-state index in [0.717, 1.165) is 0 Å². The van der Waals surface area contributed by atoms with Crippen LogP contribution in [0.3, 0.4) is 0 Å². The summed E-state index contributed by atoms with van der Waals surface area (Å²) in [5.74, 6) is 4.58. The molecule has 3 rings (SSSR count). The number of rotatable bonds is 6. The number of nitrogens with zero attached hydrogens (tertiary/aromatic N) is 2. The first-order chi connectivity index (χ1) is 13.4. The van der Waals surface area contributed by atoms with Crippen molar-refractivity contribution in [2.45, 2.75) is 11.4 Å². The molecule has 1 amide bonds. The molecule has 2 N–H and O–H groups in total. The lowest BCUT2D eigenvalue weighted by Crippen LogP contribution is -2.44. The van der Waals surface area contributed by atoms with Crippen LogP contribution >= 0.6 is 0 Å². The Bertz CT molecular complexity index is 1100. The summed E-state index contributed by atoms with van der Waals surface area (Å²) in [5, 5.41) is 0. The summed E-state index contributed by atoms with van der Waals surface area (Å²) in [7, 11) is -4.18. The summed E-state index contributed by atoms with van der Waals surface area (Å²) in [5.41, 5.74) is 0.587. The van der Waals surface area contributed by atoms with Gasteiger partial charge in [-0.2, -0.15) is 17.4 Å². The topological polar surface area (TPSA) is 101 Å². The molecule has 7 nitrogen and oxygen atoms in total. The molecule has 0 aliphatic carbocycles. The Labute approximate surface area is 162 Å². The molecule has 0 aliphatic rings. The maximum Gasteiger partial charge on any atom is 0.288 e. The number of aromatic nitrogens is 1. The van der Waals surface area contributed by atoms with Crippen molar-refractivity contribution in [2.24, 2.45) is 5.84 Å². The van der Waals surface area contributed by atoms with E-state index >= 15 is 0 Å². The predicted octanol–water partition coefficient (Wildman–Crippen LogP) is 1.56. The quantitative estimate of drug-likeness (QED) is 0.224. The highest BCUT2D eigenvalue weighted by Gasteiger charge is 2.28. The highest BCUT2D eigenvalue weighted by molar-refractivity contribution is 7.89. The van der Waals surface area contributed by atoms with E-state index in [-0.39, 0.29) is 27.2 Å². The van der Waals surface area contributed by atoms with Gasteiger partial charge in [-0.3, -0.25) is 9.59 Å². The largest absolute Gasteiger partial charge is 0.288 e. The van der Waals surface area contributed by atoms with Gasteiger partial charge in [-0.25, -0.2) is 5.84 Å². The minimum Gasteiger partial charge on any atom is -0.287 e. The smallest absolute Gasteiger partial charge is 0.287 e. The summed E-state index contributed by atoms with van der Waals surface area (Å²) in [6.07, 6.45) is 3.01. The maximum atomic E-state index is 12.6. The van der Waals surface area contributed by atoms with Crippen LogP contribution in [0.15, 0.2) is 90.1 Å². The Balaban J connectivity index is 1.81. The van der Waals surface area contributed by atoms with Crippen molar-refractivity contribution in [3.8, 4) is 0 Å². The fourth-order valence-electron chi connectivity index (χ4n) is 2.57. The van der Waals surface area contributed by atoms with Gasteiger partial charge in [0.2, 0.25) is 12.3 Å². The molecule has 0 radical (unpaired) electrons. The van der Waals surface area contributed by atoms with E-state index in [2.05, 4.69) is 0 Å². The van der Waals surface area contributed by atoms with Crippen LogP contribution < -0.4 is 10.4 Å². The first-order valence-corrected chi connectivity index (χ1v) is 9.80. The molecule has 1 heterocycles. The van der Waals surface area contributed by atoms with Gasteiger partial charge in [0.25, 0.3) is 15.9 Å². The van der Waals surface area contributed by atoms with Crippen LogP contribution in [0.25, 0.3) is 0 Å². The molecule has 28 heavy (non-hydrogen) atoms. The number of carbonyl (C=O) groups is 2. The lowest BCUT2D eigenvalue weighted by molar-refractivity contribution is -0.683. The lowest BCUT2D eigenvalue weighted by Gasteiger charge is -2.16. The molecule has 1 aromatic heterocycles. The van der Waals surface area contributed by atoms with Gasteiger partial charge in [-0.15, -0.1) is 0 Å². The molecular formula is C20H18N3O4S+. The van der Waals surface area contributed by atoms with Gasteiger partial charge in [0, 0.05) is 11.6 Å².